The van der Waals surface area contributed by atoms with Gasteiger partial charge < -0.3 is 15.4 Å². The van der Waals surface area contributed by atoms with Gasteiger partial charge in [0.2, 0.25) is 0 Å². The van der Waals surface area contributed by atoms with Crippen LogP contribution in [0.4, 0.5) is 19.4 Å². The van der Waals surface area contributed by atoms with Crippen molar-refractivity contribution in [1.29, 1.82) is 0 Å². The largest absolute Gasteiger partial charge is 0.373 e. The maximum atomic E-state index is 12.7. The molecule has 1 aliphatic rings. The fourth-order valence-electron chi connectivity index (χ4n) is 2.78. The van der Waals surface area contributed by atoms with E-state index in [-0.39, 0.29) is 24.2 Å². The lowest BCUT2D eigenvalue weighted by Gasteiger charge is -2.51. The Labute approximate surface area is 150 Å². The molecule has 0 radical (unpaired) electrons. The van der Waals surface area contributed by atoms with Gasteiger partial charge in [0.05, 0.1) is 0 Å². The van der Waals surface area contributed by atoms with E-state index in [0.717, 1.165) is 0 Å². The van der Waals surface area contributed by atoms with Crippen molar-refractivity contribution in [3.05, 3.63) is 29.8 Å². The van der Waals surface area contributed by atoms with Gasteiger partial charge in [-0.3, -0.25) is 14.8 Å². The lowest BCUT2D eigenvalue weighted by molar-refractivity contribution is -0.152. The van der Waals surface area contributed by atoms with Crippen molar-refractivity contribution < 1.29 is 39.0 Å². The lowest BCUT2D eigenvalue weighted by Crippen LogP contribution is -2.78. The summed E-state index contributed by atoms with van der Waals surface area (Å²) in [5.41, 5.74) is -0.218. The molecule has 13 heteroatoms. The van der Waals surface area contributed by atoms with E-state index < -0.39 is 44.6 Å². The molecule has 1 saturated heterocycles. The van der Waals surface area contributed by atoms with Gasteiger partial charge in [-0.25, -0.2) is 5.48 Å². The Morgan fingerprint density at radius 3 is 2.15 bits per heavy atom. The average Bonchev–Trinajstić information content (AvgIpc) is 2.57. The van der Waals surface area contributed by atoms with Gasteiger partial charge in [-0.05, 0) is 31.2 Å². The van der Waals surface area contributed by atoms with Crippen molar-refractivity contribution in [3.8, 4) is 0 Å². The van der Waals surface area contributed by atoms with Crippen molar-refractivity contribution in [2.75, 3.05) is 13.7 Å². The second-order valence-corrected chi connectivity index (χ2v) is 8.55. The van der Waals surface area contributed by atoms with Gasteiger partial charge in [0, 0.05) is 25.3 Å². The van der Waals surface area contributed by atoms with Crippen LogP contribution in [0.5, 0.6) is 0 Å². The zero-order chi connectivity index (χ0) is 20.7. The number of nitrogens with one attached hydrogen (secondary N) is 3. The molecular weight excluding hydrogens is 401 g/mol. The third kappa shape index (κ3) is 4.15. The number of halogens is 5. The smallest absolute Gasteiger partial charge is 0.310 e. The van der Waals surface area contributed by atoms with Gasteiger partial charge in [-0.2, -0.15) is 0 Å². The Morgan fingerprint density at radius 2 is 1.81 bits per heavy atom. The molecule has 0 aliphatic carbocycles. The van der Waals surface area contributed by atoms with Gasteiger partial charge in [-0.15, -0.1) is 0 Å². The monoisotopic (exact) mass is 419 g/mol. The van der Waals surface area contributed by atoms with Crippen LogP contribution in [-0.2, 0) is 9.53 Å². The number of benzene rings is 1. The number of carbonyl (C=O) groups is 2. The third-order valence-corrected chi connectivity index (χ3v) is 5.66. The first-order valence-electron chi connectivity index (χ1n) is 7.52. The summed E-state index contributed by atoms with van der Waals surface area (Å²) in [6.07, 6.45) is 0. The molecule has 1 fully saturated rings. The summed E-state index contributed by atoms with van der Waals surface area (Å²) in [4.78, 5) is 22.1. The predicted octanol–water partition coefficient (Wildman–Crippen LogP) is 2.32. The molecule has 2 rings (SSSR count). The summed E-state index contributed by atoms with van der Waals surface area (Å²) in [5.74, 6) is -2.02. The quantitative estimate of drug-likeness (QED) is 0.322. The number of rotatable bonds is 6. The fourth-order valence-corrected chi connectivity index (χ4v) is 3.43. The molecule has 1 aliphatic heterocycles. The minimum atomic E-state index is -9.85. The Kier molecular flexibility index (Phi) is 4.76. The van der Waals surface area contributed by atoms with Crippen molar-refractivity contribution in [2.45, 2.75) is 29.5 Å². The van der Waals surface area contributed by atoms with E-state index in [9.17, 15) is 29.0 Å². The standard InChI is InChI=1S/C14H18F5N3O4S/c1-8-14(26-2,7-20-8)11(13(24)22-25)21-12(23)9-3-5-10(6-4-9)27(15,16,17,18)19/h3-6,8,11,20,25H,7H2,1-2H3,(H,21,23)(H,22,24)/t8-,11-,14-/m0/s1. The summed E-state index contributed by atoms with van der Waals surface area (Å²) in [5, 5.41) is 14.1. The molecule has 1 heterocycles. The number of carbonyl (C=O) groups excluding carboxylic acids is 2. The molecular formula is C14H18F5N3O4S. The van der Waals surface area contributed by atoms with Crippen LogP contribution in [-0.4, -0.2) is 48.4 Å². The summed E-state index contributed by atoms with van der Waals surface area (Å²) < 4.78 is 69.0. The molecule has 154 valence electrons. The molecule has 0 aromatic heterocycles. The van der Waals surface area contributed by atoms with Crippen LogP contribution in [0.15, 0.2) is 29.2 Å². The molecule has 0 bridgehead atoms. The average molecular weight is 419 g/mol. The Bertz CT molecular complexity index is 755. The molecule has 0 saturated carbocycles. The zero-order valence-corrected chi connectivity index (χ0v) is 15.0. The molecule has 1 aromatic carbocycles. The Balaban J connectivity index is 2.28. The number of hydrogen-bond donors (Lipinski definition) is 4. The zero-order valence-electron chi connectivity index (χ0n) is 14.1. The number of ether oxygens (including phenoxy) is 1. The van der Waals surface area contributed by atoms with Crippen LogP contribution in [0.3, 0.4) is 0 Å². The maximum Gasteiger partial charge on any atom is 0.310 e. The number of hydrogen-bond acceptors (Lipinski definition) is 5. The summed E-state index contributed by atoms with van der Waals surface area (Å²) in [6, 6.07) is -0.474. The van der Waals surface area contributed by atoms with Gasteiger partial charge in [0.1, 0.15) is 16.5 Å². The van der Waals surface area contributed by atoms with Gasteiger partial charge in [0.15, 0.2) is 0 Å². The van der Waals surface area contributed by atoms with E-state index in [4.69, 9.17) is 9.94 Å². The van der Waals surface area contributed by atoms with Crippen molar-refractivity contribution >= 4 is 22.0 Å². The highest BCUT2D eigenvalue weighted by Crippen LogP contribution is 3.02. The van der Waals surface area contributed by atoms with Crippen LogP contribution in [0.2, 0.25) is 0 Å². The molecule has 27 heavy (non-hydrogen) atoms. The van der Waals surface area contributed by atoms with Gasteiger partial charge >= 0.3 is 10.2 Å². The highest BCUT2D eigenvalue weighted by Gasteiger charge is 2.65. The third-order valence-electron chi connectivity index (χ3n) is 4.50. The normalized spacial score (nSPS) is 26.1. The van der Waals surface area contributed by atoms with E-state index >= 15 is 0 Å². The topological polar surface area (TPSA) is 99.7 Å². The van der Waals surface area contributed by atoms with E-state index in [0.29, 0.717) is 12.1 Å². The maximum absolute atomic E-state index is 12.7. The fraction of sp³-hybridized carbons (Fsp3) is 0.429. The van der Waals surface area contributed by atoms with Crippen LogP contribution < -0.4 is 16.1 Å². The molecule has 1 aromatic rings. The molecule has 4 N–H and O–H groups in total. The number of methoxy groups -OCH3 is 1. The molecule has 0 spiro atoms. The molecule has 3 atom stereocenters. The van der Waals surface area contributed by atoms with Crippen molar-refractivity contribution in [1.82, 2.24) is 16.1 Å². The summed E-state index contributed by atoms with van der Waals surface area (Å²) >= 11 is 0. The highest BCUT2D eigenvalue weighted by molar-refractivity contribution is 8.45. The van der Waals surface area contributed by atoms with Crippen LogP contribution in [0, 0.1) is 0 Å². The van der Waals surface area contributed by atoms with Crippen molar-refractivity contribution in [3.63, 3.8) is 0 Å². The minimum absolute atomic E-state index is 0.0945. The van der Waals surface area contributed by atoms with Crippen molar-refractivity contribution in [2.24, 2.45) is 0 Å². The van der Waals surface area contributed by atoms with E-state index in [1.54, 1.807) is 6.92 Å². The number of hydroxylamine groups is 1. The Morgan fingerprint density at radius 1 is 1.26 bits per heavy atom. The van der Waals surface area contributed by atoms with Crippen LogP contribution >= 0.6 is 10.2 Å². The molecule has 0 unspecified atom stereocenters. The predicted molar refractivity (Wildman–Crippen MR) is 86.2 cm³/mol. The first-order valence-corrected chi connectivity index (χ1v) is 9.47. The Hall–Kier alpha value is -1.96. The number of amides is 2. The van der Waals surface area contributed by atoms with Gasteiger partial charge in [0.25, 0.3) is 11.8 Å². The summed E-state index contributed by atoms with van der Waals surface area (Å²) in [7, 11) is -8.57. The molecule has 2 amide bonds. The van der Waals surface area contributed by atoms with Crippen LogP contribution in [0.1, 0.15) is 17.3 Å². The van der Waals surface area contributed by atoms with E-state index in [2.05, 4.69) is 10.6 Å². The lowest BCUT2D eigenvalue weighted by atomic mass is 9.79. The SMILES string of the molecule is CO[C@@]1([C@@H](NC(=O)c2ccc(S(F)(F)(F)(F)F)cc2)C(=O)NO)CN[C@H]1C. The molecule has 7 nitrogen and oxygen atoms in total. The van der Waals surface area contributed by atoms with E-state index in [1.165, 1.54) is 12.6 Å². The van der Waals surface area contributed by atoms with Gasteiger partial charge in [-0.1, -0.05) is 19.4 Å². The van der Waals surface area contributed by atoms with E-state index in [1.807, 2.05) is 0 Å². The van der Waals surface area contributed by atoms with Crippen LogP contribution in [0.25, 0.3) is 0 Å². The second kappa shape index (κ2) is 6.02. The summed E-state index contributed by atoms with van der Waals surface area (Å²) in [6.45, 7) is 1.80. The first kappa shape index (κ1) is 21.3. The minimum Gasteiger partial charge on any atom is -0.373 e. The second-order valence-electron chi connectivity index (χ2n) is 6.14. The first-order chi connectivity index (χ1) is 12.1. The highest BCUT2D eigenvalue weighted by atomic mass is 32.5.